The number of hydrogen-bond donors (Lipinski definition) is 1. The van der Waals surface area contributed by atoms with Crippen LogP contribution in [0.3, 0.4) is 0 Å². The summed E-state index contributed by atoms with van der Waals surface area (Å²) < 4.78 is 0. The normalized spacial score (nSPS) is 35.7. The number of imide groups is 1. The molecule has 142 valence electrons. The summed E-state index contributed by atoms with van der Waals surface area (Å²) in [5.41, 5.74) is -2.15. The molecule has 7 heteroatoms. The lowest BCUT2D eigenvalue weighted by Gasteiger charge is -2.54. The molecule has 3 fully saturated rings. The van der Waals surface area contributed by atoms with Gasteiger partial charge in [-0.3, -0.25) is 24.6 Å². The molecule has 3 aliphatic rings. The number of carbonyl (C=O) groups excluding carboxylic acids is 3. The van der Waals surface area contributed by atoms with Crippen LogP contribution in [0, 0.1) is 22.2 Å². The van der Waals surface area contributed by atoms with Gasteiger partial charge in [-0.05, 0) is 32.6 Å². The summed E-state index contributed by atoms with van der Waals surface area (Å²) in [4.78, 5) is 41.7. The fraction of sp³-hybridized carbons (Fsp3) is 0.789. The highest BCUT2D eigenvalue weighted by atomic mass is 16.2. The van der Waals surface area contributed by atoms with Crippen molar-refractivity contribution < 1.29 is 14.4 Å². The van der Waals surface area contributed by atoms with Crippen LogP contribution >= 0.6 is 0 Å². The van der Waals surface area contributed by atoms with Crippen molar-refractivity contribution in [2.45, 2.75) is 65.0 Å². The number of nitrogens with one attached hydrogen (secondary N) is 1. The first-order chi connectivity index (χ1) is 12.2. The second kappa shape index (κ2) is 6.05. The Balaban J connectivity index is 1.86. The van der Waals surface area contributed by atoms with Crippen LogP contribution in [0.25, 0.3) is 0 Å². The number of fused-ring (bicyclic) bond motifs is 2. The second-order valence-corrected chi connectivity index (χ2v) is 8.44. The Hall–Kier alpha value is -1.94. The Morgan fingerprint density at radius 2 is 1.96 bits per heavy atom. The van der Waals surface area contributed by atoms with E-state index in [2.05, 4.69) is 11.4 Å². The summed E-state index contributed by atoms with van der Waals surface area (Å²) >= 11 is 0. The first-order valence-electron chi connectivity index (χ1n) is 9.47. The van der Waals surface area contributed by atoms with Gasteiger partial charge in [-0.2, -0.15) is 5.26 Å². The molecule has 2 aliphatic heterocycles. The summed E-state index contributed by atoms with van der Waals surface area (Å²) in [7, 11) is 0. The number of amides is 3. The van der Waals surface area contributed by atoms with Crippen LogP contribution in [0.5, 0.6) is 0 Å². The third-order valence-corrected chi connectivity index (χ3v) is 7.35. The van der Waals surface area contributed by atoms with Crippen molar-refractivity contribution in [3.05, 3.63) is 0 Å². The maximum Gasteiger partial charge on any atom is 0.250 e. The molecule has 2 bridgehead atoms. The van der Waals surface area contributed by atoms with E-state index < -0.39 is 16.4 Å². The number of rotatable bonds is 4. The fourth-order valence-electron chi connectivity index (χ4n) is 5.10. The zero-order valence-electron chi connectivity index (χ0n) is 16.1. The van der Waals surface area contributed by atoms with Crippen LogP contribution in [0.15, 0.2) is 0 Å². The molecular weight excluding hydrogens is 332 g/mol. The van der Waals surface area contributed by atoms with Crippen molar-refractivity contribution >= 4 is 17.7 Å². The molecule has 1 N–H and O–H groups in total. The Morgan fingerprint density at radius 1 is 1.27 bits per heavy atom. The lowest BCUT2D eigenvalue weighted by Crippen LogP contribution is -2.73. The van der Waals surface area contributed by atoms with E-state index in [1.165, 1.54) is 4.90 Å². The quantitative estimate of drug-likeness (QED) is 0.756. The first kappa shape index (κ1) is 18.8. The highest BCUT2D eigenvalue weighted by Crippen LogP contribution is 2.62. The Kier molecular flexibility index (Phi) is 4.39. The minimum atomic E-state index is -0.927. The van der Waals surface area contributed by atoms with Crippen LogP contribution < -0.4 is 5.32 Å². The standard InChI is InChI=1S/C19H28N4O3/c1-5-22-15(25)18(4)8-9-19(16(22)26,17(18,2)3)21-12-14(24)23-10-6-7-13(23)11-20/h13,21H,5-10,12H2,1-4H3/t13-,18-,19-/m0/s1. The molecular formula is C19H28N4O3. The van der Waals surface area contributed by atoms with Gasteiger partial charge in [-0.15, -0.1) is 0 Å². The van der Waals surface area contributed by atoms with Crippen molar-refractivity contribution in [3.63, 3.8) is 0 Å². The van der Waals surface area contributed by atoms with Gasteiger partial charge in [0.15, 0.2) is 0 Å². The van der Waals surface area contributed by atoms with E-state index in [1.54, 1.807) is 11.8 Å². The lowest BCUT2D eigenvalue weighted by atomic mass is 9.59. The van der Waals surface area contributed by atoms with Crippen molar-refractivity contribution in [1.29, 1.82) is 5.26 Å². The molecule has 26 heavy (non-hydrogen) atoms. The van der Waals surface area contributed by atoms with Crippen molar-refractivity contribution in [1.82, 2.24) is 15.1 Å². The molecule has 2 heterocycles. The van der Waals surface area contributed by atoms with Gasteiger partial charge in [-0.1, -0.05) is 20.8 Å². The average molecular weight is 360 g/mol. The van der Waals surface area contributed by atoms with E-state index in [-0.39, 0.29) is 30.3 Å². The predicted octanol–water partition coefficient (Wildman–Crippen LogP) is 1.04. The highest BCUT2D eigenvalue weighted by molar-refractivity contribution is 6.08. The van der Waals surface area contributed by atoms with Gasteiger partial charge in [0.2, 0.25) is 17.7 Å². The monoisotopic (exact) mass is 360 g/mol. The smallest absolute Gasteiger partial charge is 0.250 e. The molecule has 0 spiro atoms. The number of carbonyl (C=O) groups is 3. The molecule has 0 aromatic heterocycles. The predicted molar refractivity (Wildman–Crippen MR) is 94.6 cm³/mol. The first-order valence-corrected chi connectivity index (χ1v) is 9.47. The molecule has 3 rings (SSSR count). The zero-order valence-corrected chi connectivity index (χ0v) is 16.1. The number of nitriles is 1. The van der Waals surface area contributed by atoms with Crippen molar-refractivity contribution in [2.24, 2.45) is 10.8 Å². The van der Waals surface area contributed by atoms with E-state index in [1.807, 2.05) is 20.8 Å². The van der Waals surface area contributed by atoms with Crippen LogP contribution in [-0.2, 0) is 14.4 Å². The maximum absolute atomic E-state index is 13.2. The summed E-state index contributed by atoms with van der Waals surface area (Å²) in [5, 5.41) is 12.5. The summed E-state index contributed by atoms with van der Waals surface area (Å²) in [5.74, 6) is -0.489. The zero-order chi connectivity index (χ0) is 19.3. The van der Waals surface area contributed by atoms with Crippen molar-refractivity contribution in [2.75, 3.05) is 19.6 Å². The number of nitrogens with zero attached hydrogens (tertiary/aromatic N) is 3. The van der Waals surface area contributed by atoms with Gasteiger partial charge in [0.05, 0.1) is 18.0 Å². The molecule has 1 aliphatic carbocycles. The lowest BCUT2D eigenvalue weighted by molar-refractivity contribution is -0.171. The van der Waals surface area contributed by atoms with Gasteiger partial charge in [0, 0.05) is 18.5 Å². The number of likely N-dealkylation sites (tertiary alicyclic amines) is 2. The fourth-order valence-corrected chi connectivity index (χ4v) is 5.10. The molecule has 0 aromatic carbocycles. The number of likely N-dealkylation sites (N-methyl/N-ethyl adjacent to an activating group) is 1. The average Bonchev–Trinajstić information content (AvgIpc) is 3.14. The molecule has 0 aromatic rings. The number of piperidine rings is 1. The molecule has 2 saturated heterocycles. The third-order valence-electron chi connectivity index (χ3n) is 7.35. The summed E-state index contributed by atoms with van der Waals surface area (Å²) in [6, 6.07) is 1.80. The van der Waals surface area contributed by atoms with Gasteiger partial charge in [0.1, 0.15) is 11.6 Å². The van der Waals surface area contributed by atoms with E-state index in [4.69, 9.17) is 0 Å². The van der Waals surface area contributed by atoms with Crippen molar-refractivity contribution in [3.8, 4) is 6.07 Å². The van der Waals surface area contributed by atoms with Crippen LogP contribution in [0.2, 0.25) is 0 Å². The third kappa shape index (κ3) is 2.18. The molecule has 0 unspecified atom stereocenters. The van der Waals surface area contributed by atoms with Crippen LogP contribution in [-0.4, -0.2) is 58.7 Å². The minimum absolute atomic E-state index is 0.00910. The molecule has 7 nitrogen and oxygen atoms in total. The van der Waals surface area contributed by atoms with E-state index in [9.17, 15) is 19.6 Å². The Bertz CT molecular complexity index is 697. The van der Waals surface area contributed by atoms with Gasteiger partial charge < -0.3 is 4.90 Å². The summed E-state index contributed by atoms with van der Waals surface area (Å²) in [6.07, 6.45) is 2.68. The van der Waals surface area contributed by atoms with Gasteiger partial charge >= 0.3 is 0 Å². The maximum atomic E-state index is 13.2. The minimum Gasteiger partial charge on any atom is -0.326 e. The van der Waals surface area contributed by atoms with Gasteiger partial charge in [0.25, 0.3) is 0 Å². The molecule has 3 atom stereocenters. The van der Waals surface area contributed by atoms with E-state index in [0.29, 0.717) is 32.4 Å². The number of hydrogen-bond acceptors (Lipinski definition) is 5. The SMILES string of the molecule is CCN1C(=O)[C@]2(C)CC[C@](NCC(=O)N3CCC[C@H]3C#N)(C1=O)C2(C)C. The molecule has 1 saturated carbocycles. The topological polar surface area (TPSA) is 93.5 Å². The highest BCUT2D eigenvalue weighted by Gasteiger charge is 2.72. The van der Waals surface area contributed by atoms with E-state index in [0.717, 1.165) is 6.42 Å². The largest absolute Gasteiger partial charge is 0.326 e. The van der Waals surface area contributed by atoms with E-state index >= 15 is 0 Å². The Labute approximate surface area is 154 Å². The molecule has 3 amide bonds. The Morgan fingerprint density at radius 3 is 2.58 bits per heavy atom. The van der Waals surface area contributed by atoms with Gasteiger partial charge in [-0.25, -0.2) is 0 Å². The van der Waals surface area contributed by atoms with Crippen LogP contribution in [0.4, 0.5) is 0 Å². The second-order valence-electron chi connectivity index (χ2n) is 8.44. The molecule has 0 radical (unpaired) electrons. The summed E-state index contributed by atoms with van der Waals surface area (Å²) in [6.45, 7) is 8.57. The van der Waals surface area contributed by atoms with Crippen LogP contribution in [0.1, 0.15) is 53.4 Å².